The van der Waals surface area contributed by atoms with E-state index in [0.29, 0.717) is 5.01 Å². The number of halogens is 3. The average Bonchev–Trinajstić information content (AvgIpc) is 3.43. The summed E-state index contributed by atoms with van der Waals surface area (Å²) in [6, 6.07) is 0. The molecule has 31 heavy (non-hydrogen) atoms. The van der Waals surface area contributed by atoms with Crippen LogP contribution in [0, 0.1) is 0 Å². The molecule has 0 aliphatic carbocycles. The van der Waals surface area contributed by atoms with Gasteiger partial charge in [-0.05, 0) is 19.3 Å². The highest BCUT2D eigenvalue weighted by Gasteiger charge is 2.38. The number of hydrogen-bond donors (Lipinski definition) is 1. The molecule has 12 heteroatoms. The molecule has 1 fully saturated rings. The number of aliphatic carboxylic acids is 1. The van der Waals surface area contributed by atoms with E-state index in [1.807, 2.05) is 24.3 Å². The Hall–Kier alpha value is -2.47. The third kappa shape index (κ3) is 6.03. The summed E-state index contributed by atoms with van der Waals surface area (Å²) >= 11 is 1.61. The summed E-state index contributed by atoms with van der Waals surface area (Å²) in [5, 5.41) is 7.82. The fourth-order valence-electron chi connectivity index (χ4n) is 3.46. The van der Waals surface area contributed by atoms with E-state index in [0.717, 1.165) is 69.9 Å². The summed E-state index contributed by atoms with van der Waals surface area (Å²) in [7, 11) is 2.04. The lowest BCUT2D eigenvalue weighted by atomic mass is 10.2. The molecule has 8 nitrogen and oxygen atoms in total. The van der Waals surface area contributed by atoms with Crippen LogP contribution in [0.4, 0.5) is 13.2 Å². The number of carboxylic acids is 1. The van der Waals surface area contributed by atoms with Crippen LogP contribution in [0.5, 0.6) is 0 Å². The Morgan fingerprint density at radius 3 is 2.39 bits per heavy atom. The largest absolute Gasteiger partial charge is 0.490 e. The summed E-state index contributed by atoms with van der Waals surface area (Å²) < 4.78 is 33.8. The van der Waals surface area contributed by atoms with Crippen LogP contribution in [0.1, 0.15) is 39.0 Å². The predicted molar refractivity (Wildman–Crippen MR) is 107 cm³/mol. The van der Waals surface area contributed by atoms with Crippen molar-refractivity contribution >= 4 is 23.2 Å². The minimum Gasteiger partial charge on any atom is -0.475 e. The first-order valence-corrected chi connectivity index (χ1v) is 10.7. The lowest BCUT2D eigenvalue weighted by molar-refractivity contribution is -0.192. The van der Waals surface area contributed by atoms with Crippen LogP contribution in [-0.2, 0) is 31.2 Å². The number of carbonyl (C=O) groups is 2. The van der Waals surface area contributed by atoms with Crippen molar-refractivity contribution in [3.8, 4) is 0 Å². The van der Waals surface area contributed by atoms with E-state index >= 15 is 0 Å². The molecule has 2 aromatic heterocycles. The number of aryl methyl sites for hydroxylation is 1. The Morgan fingerprint density at radius 2 is 1.81 bits per heavy atom. The Kier molecular flexibility index (Phi) is 7.31. The van der Waals surface area contributed by atoms with Crippen molar-refractivity contribution < 1.29 is 27.9 Å². The summed E-state index contributed by atoms with van der Waals surface area (Å²) in [6.07, 6.45) is 2.90. The number of alkyl halides is 3. The maximum atomic E-state index is 12.5. The number of fused-ring (bicyclic) bond motifs is 1. The third-order valence-corrected chi connectivity index (χ3v) is 6.35. The lowest BCUT2D eigenvalue weighted by Gasteiger charge is -2.19. The quantitative estimate of drug-likeness (QED) is 0.758. The summed E-state index contributed by atoms with van der Waals surface area (Å²) in [4.78, 5) is 36.2. The number of amides is 1. The smallest absolute Gasteiger partial charge is 0.475 e. The molecule has 2 aromatic rings. The first-order chi connectivity index (χ1) is 14.6. The van der Waals surface area contributed by atoms with Gasteiger partial charge in [0, 0.05) is 56.9 Å². The van der Waals surface area contributed by atoms with Gasteiger partial charge in [0.2, 0.25) is 0 Å². The van der Waals surface area contributed by atoms with E-state index in [9.17, 15) is 18.0 Å². The van der Waals surface area contributed by atoms with Gasteiger partial charge in [-0.2, -0.15) is 13.2 Å². The van der Waals surface area contributed by atoms with Gasteiger partial charge in [0.15, 0.2) is 5.01 Å². The van der Waals surface area contributed by atoms with Crippen LogP contribution in [0.2, 0.25) is 0 Å². The second-order valence-electron chi connectivity index (χ2n) is 7.42. The maximum Gasteiger partial charge on any atom is 0.490 e. The van der Waals surface area contributed by atoms with Crippen molar-refractivity contribution in [3.05, 3.63) is 33.8 Å². The van der Waals surface area contributed by atoms with Gasteiger partial charge in [-0.15, -0.1) is 11.3 Å². The maximum absolute atomic E-state index is 12.5. The van der Waals surface area contributed by atoms with E-state index in [-0.39, 0.29) is 5.91 Å². The molecule has 0 radical (unpaired) electrons. The number of nitrogens with zero attached hydrogens (tertiary/aromatic N) is 5. The van der Waals surface area contributed by atoms with Gasteiger partial charge in [0.25, 0.3) is 5.91 Å². The molecule has 0 bridgehead atoms. The highest BCUT2D eigenvalue weighted by atomic mass is 32.1. The fraction of sp³-hybridized carbons (Fsp3) is 0.579. The van der Waals surface area contributed by atoms with Crippen molar-refractivity contribution in [2.75, 3.05) is 26.2 Å². The van der Waals surface area contributed by atoms with Gasteiger partial charge >= 0.3 is 12.1 Å². The summed E-state index contributed by atoms with van der Waals surface area (Å²) in [5.41, 5.74) is 1.13. The van der Waals surface area contributed by atoms with Gasteiger partial charge in [-0.3, -0.25) is 9.69 Å². The number of carbonyl (C=O) groups excluding carboxylic acids is 1. The number of likely N-dealkylation sites (tertiary alicyclic amines) is 1. The van der Waals surface area contributed by atoms with Crippen LogP contribution in [-0.4, -0.2) is 73.7 Å². The zero-order valence-electron chi connectivity index (χ0n) is 17.1. The topological polar surface area (TPSA) is 91.6 Å². The van der Waals surface area contributed by atoms with Crippen molar-refractivity contribution in [1.82, 2.24) is 24.3 Å². The standard InChI is InChI=1S/C17H23N5OS.C2HF3O2/c1-20-11-6-18-15(20)12-21-9-4-13-14(5-10-21)24-16(19-13)17(23)22-7-2-3-8-22;3-2(4,5)1(6)7/h6,11H,2-5,7-10,12H2,1H3;(H,6,7). The molecular weight excluding hydrogens is 435 g/mol. The molecule has 4 heterocycles. The fourth-order valence-corrected chi connectivity index (χ4v) is 4.53. The number of thiazole rings is 1. The molecule has 170 valence electrons. The van der Waals surface area contributed by atoms with E-state index in [2.05, 4.69) is 19.4 Å². The summed E-state index contributed by atoms with van der Waals surface area (Å²) in [5.74, 6) is -1.53. The zero-order valence-corrected chi connectivity index (χ0v) is 17.9. The SMILES string of the molecule is Cn1ccnc1CN1CCc2nc(C(=O)N3CCCC3)sc2CC1.O=C(O)C(F)(F)F. The number of aromatic nitrogens is 3. The molecule has 4 rings (SSSR count). The molecular formula is C19H24F3N5O3S. The minimum atomic E-state index is -5.08. The first kappa shape index (κ1) is 23.2. The molecule has 1 N–H and O–H groups in total. The minimum absolute atomic E-state index is 0.135. The second-order valence-corrected chi connectivity index (χ2v) is 8.51. The highest BCUT2D eigenvalue weighted by Crippen LogP contribution is 2.25. The summed E-state index contributed by atoms with van der Waals surface area (Å²) in [6.45, 7) is 4.62. The molecule has 0 saturated carbocycles. The van der Waals surface area contributed by atoms with Gasteiger partial charge in [0.1, 0.15) is 5.82 Å². The Bertz CT molecular complexity index is 896. The van der Waals surface area contributed by atoms with E-state index < -0.39 is 12.1 Å². The van der Waals surface area contributed by atoms with Crippen molar-refractivity contribution in [3.63, 3.8) is 0 Å². The highest BCUT2D eigenvalue weighted by molar-refractivity contribution is 7.13. The van der Waals surface area contributed by atoms with Crippen LogP contribution in [0.25, 0.3) is 0 Å². The van der Waals surface area contributed by atoms with E-state index in [1.165, 1.54) is 4.88 Å². The van der Waals surface area contributed by atoms with Gasteiger partial charge in [-0.25, -0.2) is 14.8 Å². The number of hydrogen-bond acceptors (Lipinski definition) is 6. The number of rotatable bonds is 3. The van der Waals surface area contributed by atoms with E-state index in [1.54, 1.807) is 11.3 Å². The third-order valence-electron chi connectivity index (χ3n) is 5.20. The van der Waals surface area contributed by atoms with E-state index in [4.69, 9.17) is 9.90 Å². The molecule has 1 amide bonds. The number of imidazole rings is 1. The molecule has 0 atom stereocenters. The van der Waals surface area contributed by atoms with Gasteiger partial charge < -0.3 is 14.6 Å². The Morgan fingerprint density at radius 1 is 1.16 bits per heavy atom. The Labute approximate surface area is 181 Å². The van der Waals surface area contributed by atoms with Crippen LogP contribution in [0.3, 0.4) is 0 Å². The molecule has 2 aliphatic heterocycles. The second kappa shape index (κ2) is 9.77. The predicted octanol–water partition coefficient (Wildman–Crippen LogP) is 2.35. The van der Waals surface area contributed by atoms with Crippen LogP contribution in [0.15, 0.2) is 12.4 Å². The van der Waals surface area contributed by atoms with Crippen LogP contribution < -0.4 is 0 Å². The molecule has 2 aliphatic rings. The Balaban J connectivity index is 0.000000339. The lowest BCUT2D eigenvalue weighted by Crippen LogP contribution is -2.28. The monoisotopic (exact) mass is 459 g/mol. The molecule has 0 spiro atoms. The molecule has 0 aromatic carbocycles. The molecule has 1 saturated heterocycles. The normalized spacial score (nSPS) is 17.0. The zero-order chi connectivity index (χ0) is 22.6. The van der Waals surface area contributed by atoms with Crippen LogP contribution >= 0.6 is 11.3 Å². The van der Waals surface area contributed by atoms with Crippen molar-refractivity contribution in [2.45, 2.75) is 38.4 Å². The van der Waals surface area contributed by atoms with Gasteiger partial charge in [0.05, 0.1) is 12.2 Å². The average molecular weight is 459 g/mol. The van der Waals surface area contributed by atoms with Crippen molar-refractivity contribution in [2.24, 2.45) is 7.05 Å². The number of carboxylic acid groups (broad SMARTS) is 1. The van der Waals surface area contributed by atoms with Gasteiger partial charge in [-0.1, -0.05) is 0 Å². The van der Waals surface area contributed by atoms with Crippen molar-refractivity contribution in [1.29, 1.82) is 0 Å². The first-order valence-electron chi connectivity index (χ1n) is 9.91. The molecule has 0 unspecified atom stereocenters.